The summed E-state index contributed by atoms with van der Waals surface area (Å²) >= 11 is 1.24. The van der Waals surface area contributed by atoms with Crippen molar-refractivity contribution in [2.45, 2.75) is 64.0 Å². The van der Waals surface area contributed by atoms with Crippen molar-refractivity contribution in [2.24, 2.45) is 11.1 Å². The first-order chi connectivity index (χ1) is 19.3. The smallest absolute Gasteiger partial charge is 0.416 e. The highest BCUT2D eigenvalue weighted by Gasteiger charge is 2.54. The summed E-state index contributed by atoms with van der Waals surface area (Å²) in [5.41, 5.74) is 7.01. The Morgan fingerprint density at radius 2 is 1.83 bits per heavy atom. The van der Waals surface area contributed by atoms with E-state index in [1.54, 1.807) is 21.2 Å². The van der Waals surface area contributed by atoms with Crippen LogP contribution in [0.2, 0.25) is 0 Å². The number of carbonyl (C=O) groups is 2. The zero-order valence-electron chi connectivity index (χ0n) is 23.1. The van der Waals surface area contributed by atoms with Crippen LogP contribution in [0.1, 0.15) is 49.9 Å². The van der Waals surface area contributed by atoms with E-state index in [2.05, 4.69) is 0 Å². The molecule has 0 aliphatic carbocycles. The van der Waals surface area contributed by atoms with Gasteiger partial charge in [0.1, 0.15) is 11.6 Å². The molecule has 4 atom stereocenters. The molecule has 2 fully saturated rings. The van der Waals surface area contributed by atoms with E-state index in [0.29, 0.717) is 29.2 Å². The largest absolute Gasteiger partial charge is 0.445 e. The van der Waals surface area contributed by atoms with E-state index >= 15 is 0 Å². The van der Waals surface area contributed by atoms with Gasteiger partial charge in [0.2, 0.25) is 5.91 Å². The van der Waals surface area contributed by atoms with Crippen LogP contribution >= 0.6 is 11.3 Å². The van der Waals surface area contributed by atoms with Crippen LogP contribution in [-0.4, -0.2) is 58.0 Å². The maximum atomic E-state index is 13.6. The first kappa shape index (κ1) is 29.1. The third kappa shape index (κ3) is 5.97. The summed E-state index contributed by atoms with van der Waals surface area (Å²) < 4.78 is 45.6. The third-order valence-electron chi connectivity index (χ3n) is 7.89. The van der Waals surface area contributed by atoms with Gasteiger partial charge in [0.15, 0.2) is 0 Å². The van der Waals surface area contributed by atoms with E-state index in [4.69, 9.17) is 15.5 Å². The number of fused-ring (bicyclic) bond motifs is 1. The van der Waals surface area contributed by atoms with Crippen LogP contribution in [0.3, 0.4) is 0 Å². The SMILES string of the molecule is CC(C)(C)[C@H](N)C(=O)N1CC[C@@H]2[C@H]1[C@@H](c1csc(-c3cccc(C(F)(F)F)c3)n1)CN2C(=O)OCc1ccccc1. The van der Waals surface area contributed by atoms with Crippen LogP contribution < -0.4 is 5.73 Å². The van der Waals surface area contributed by atoms with Crippen LogP contribution in [0, 0.1) is 5.41 Å². The number of aromatic nitrogens is 1. The third-order valence-corrected chi connectivity index (χ3v) is 8.80. The first-order valence-corrected chi connectivity index (χ1v) is 14.4. The molecule has 218 valence electrons. The summed E-state index contributed by atoms with van der Waals surface area (Å²) in [4.78, 5) is 35.1. The molecule has 0 spiro atoms. The fourth-order valence-electron chi connectivity index (χ4n) is 5.58. The fraction of sp³-hybridized carbons (Fsp3) is 0.433. The van der Waals surface area contributed by atoms with Crippen molar-refractivity contribution < 1.29 is 27.5 Å². The zero-order valence-corrected chi connectivity index (χ0v) is 23.9. The summed E-state index contributed by atoms with van der Waals surface area (Å²) in [5, 5.41) is 2.25. The Hall–Kier alpha value is -3.44. The Balaban J connectivity index is 1.44. The van der Waals surface area contributed by atoms with Gasteiger partial charge in [-0.1, -0.05) is 63.2 Å². The maximum Gasteiger partial charge on any atom is 0.416 e. The lowest BCUT2D eigenvalue weighted by Gasteiger charge is -2.34. The molecule has 5 rings (SSSR count). The predicted octanol–water partition coefficient (Wildman–Crippen LogP) is 5.91. The molecule has 2 aliphatic rings. The molecule has 41 heavy (non-hydrogen) atoms. The molecule has 0 saturated carbocycles. The van der Waals surface area contributed by atoms with Crippen molar-refractivity contribution in [3.63, 3.8) is 0 Å². The van der Waals surface area contributed by atoms with Crippen molar-refractivity contribution in [3.05, 3.63) is 76.8 Å². The van der Waals surface area contributed by atoms with Gasteiger partial charge in [-0.05, 0) is 29.5 Å². The number of nitrogens with zero attached hydrogens (tertiary/aromatic N) is 3. The second kappa shape index (κ2) is 11.1. The summed E-state index contributed by atoms with van der Waals surface area (Å²) in [7, 11) is 0. The highest BCUT2D eigenvalue weighted by molar-refractivity contribution is 7.13. The number of hydrogen-bond acceptors (Lipinski definition) is 6. The summed E-state index contributed by atoms with van der Waals surface area (Å²) in [6, 6.07) is 13.0. The van der Waals surface area contributed by atoms with Gasteiger partial charge in [0.25, 0.3) is 0 Å². The molecule has 2 aromatic carbocycles. The minimum absolute atomic E-state index is 0.117. The van der Waals surface area contributed by atoms with Gasteiger partial charge in [0.05, 0.1) is 29.4 Å². The average molecular weight is 587 g/mol. The summed E-state index contributed by atoms with van der Waals surface area (Å²) in [6.07, 6.45) is -4.38. The van der Waals surface area contributed by atoms with Gasteiger partial charge < -0.3 is 20.3 Å². The number of likely N-dealkylation sites (tertiary alicyclic amines) is 2. The predicted molar refractivity (Wildman–Crippen MR) is 150 cm³/mol. The Bertz CT molecular complexity index is 1410. The normalized spacial score (nSPS) is 21.6. The molecule has 2 amide bonds. The second-order valence-electron chi connectivity index (χ2n) is 11.7. The van der Waals surface area contributed by atoms with Gasteiger partial charge >= 0.3 is 12.3 Å². The average Bonchev–Trinajstić information content (AvgIpc) is 3.67. The Morgan fingerprint density at radius 3 is 2.51 bits per heavy atom. The van der Waals surface area contributed by atoms with Gasteiger partial charge in [-0.2, -0.15) is 13.2 Å². The van der Waals surface area contributed by atoms with E-state index in [1.165, 1.54) is 17.4 Å². The highest BCUT2D eigenvalue weighted by Crippen LogP contribution is 2.43. The number of rotatable bonds is 5. The Kier molecular flexibility index (Phi) is 7.86. The maximum absolute atomic E-state index is 13.6. The number of amides is 2. The first-order valence-electron chi connectivity index (χ1n) is 13.5. The molecule has 1 aromatic heterocycles. The van der Waals surface area contributed by atoms with E-state index in [-0.39, 0.29) is 37.1 Å². The number of alkyl halides is 3. The number of benzene rings is 2. The molecular formula is C30H33F3N4O3S. The van der Waals surface area contributed by atoms with Crippen LogP contribution in [0.4, 0.5) is 18.0 Å². The molecular weight excluding hydrogens is 553 g/mol. The number of hydrogen-bond donors (Lipinski definition) is 1. The number of thiazole rings is 1. The summed E-state index contributed by atoms with van der Waals surface area (Å²) in [5.74, 6) is -0.540. The van der Waals surface area contributed by atoms with Crippen molar-refractivity contribution >= 4 is 23.3 Å². The monoisotopic (exact) mass is 586 g/mol. The number of carbonyl (C=O) groups excluding carboxylic acids is 2. The van der Waals surface area contributed by atoms with Crippen LogP contribution in [0.15, 0.2) is 60.0 Å². The number of ether oxygens (including phenoxy) is 1. The van der Waals surface area contributed by atoms with Gasteiger partial charge in [0, 0.05) is 30.0 Å². The van der Waals surface area contributed by atoms with Crippen LogP contribution in [0.5, 0.6) is 0 Å². The van der Waals surface area contributed by atoms with Gasteiger partial charge in [-0.25, -0.2) is 9.78 Å². The highest BCUT2D eigenvalue weighted by atomic mass is 32.1. The van der Waals surface area contributed by atoms with Crippen molar-refractivity contribution in [3.8, 4) is 10.6 Å². The van der Waals surface area contributed by atoms with Crippen molar-refractivity contribution in [1.29, 1.82) is 0 Å². The lowest BCUT2D eigenvalue weighted by Crippen LogP contribution is -2.53. The molecule has 2 N–H and O–H groups in total. The Labute approximate surface area is 241 Å². The lowest BCUT2D eigenvalue weighted by atomic mass is 9.86. The fourth-order valence-corrected chi connectivity index (χ4v) is 6.47. The van der Waals surface area contributed by atoms with E-state index in [1.807, 2.05) is 51.1 Å². The number of halogens is 3. The van der Waals surface area contributed by atoms with E-state index < -0.39 is 29.3 Å². The topological polar surface area (TPSA) is 88.8 Å². The standard InChI is InChI=1S/C30H33F3N4O3S/c1-29(2,3)25(34)27(38)36-13-12-23-24(36)21(15-37(23)28(39)40-16-18-8-5-4-6-9-18)22-17-41-26(35-22)19-10-7-11-20(14-19)30(31,32)33/h4-11,14,17,21,23-25H,12-13,15-16,34H2,1-3H3/t21-,23-,24-,25-/m1/s1. The Morgan fingerprint density at radius 1 is 1.10 bits per heavy atom. The van der Waals surface area contributed by atoms with Crippen molar-refractivity contribution in [2.75, 3.05) is 13.1 Å². The summed E-state index contributed by atoms with van der Waals surface area (Å²) in [6.45, 7) is 6.54. The quantitative estimate of drug-likeness (QED) is 0.402. The van der Waals surface area contributed by atoms with Crippen LogP contribution in [0.25, 0.3) is 10.6 Å². The molecule has 0 bridgehead atoms. The van der Waals surface area contributed by atoms with Gasteiger partial charge in [-0.3, -0.25) is 4.79 Å². The minimum Gasteiger partial charge on any atom is -0.445 e. The van der Waals surface area contributed by atoms with Gasteiger partial charge in [-0.15, -0.1) is 11.3 Å². The molecule has 2 aliphatic heterocycles. The number of nitrogens with two attached hydrogens (primary N) is 1. The second-order valence-corrected chi connectivity index (χ2v) is 12.5. The molecule has 3 aromatic rings. The molecule has 0 radical (unpaired) electrons. The van der Waals surface area contributed by atoms with E-state index in [9.17, 15) is 22.8 Å². The molecule has 7 nitrogen and oxygen atoms in total. The molecule has 11 heteroatoms. The molecule has 0 unspecified atom stereocenters. The lowest BCUT2D eigenvalue weighted by molar-refractivity contribution is -0.137. The zero-order chi connectivity index (χ0) is 29.5. The van der Waals surface area contributed by atoms with Crippen molar-refractivity contribution in [1.82, 2.24) is 14.8 Å². The molecule has 3 heterocycles. The molecule has 2 saturated heterocycles. The minimum atomic E-state index is -4.47. The van der Waals surface area contributed by atoms with Crippen LogP contribution in [-0.2, 0) is 22.3 Å². The van der Waals surface area contributed by atoms with E-state index in [0.717, 1.165) is 17.7 Å².